The van der Waals surface area contributed by atoms with Gasteiger partial charge in [0.25, 0.3) is 0 Å². The van der Waals surface area contributed by atoms with Crippen molar-refractivity contribution in [3.63, 3.8) is 0 Å². The van der Waals surface area contributed by atoms with Crippen LogP contribution in [0.1, 0.15) is 69.8 Å². The Bertz CT molecular complexity index is 292. The lowest BCUT2D eigenvalue weighted by molar-refractivity contribution is 0.557. The lowest BCUT2D eigenvalue weighted by Gasteiger charge is -2.03. The zero-order valence-corrected chi connectivity index (χ0v) is 14.9. The molecule has 0 bridgehead atoms. The Morgan fingerprint density at radius 2 is 1.15 bits per heavy atom. The first-order valence-corrected chi connectivity index (χ1v) is 9.00. The molecule has 1 nitrogen and oxygen atoms in total. The van der Waals surface area contributed by atoms with Gasteiger partial charge in [0.2, 0.25) is 0 Å². The predicted octanol–water partition coefficient (Wildman–Crippen LogP) is 6.34. The summed E-state index contributed by atoms with van der Waals surface area (Å²) in [5.41, 5.74) is 1.43. The van der Waals surface area contributed by atoms with Crippen molar-refractivity contribution >= 4 is 28.3 Å². The van der Waals surface area contributed by atoms with Crippen molar-refractivity contribution in [3.05, 3.63) is 30.1 Å². The van der Waals surface area contributed by atoms with E-state index in [1.54, 1.807) is 0 Å². The molecule has 1 aromatic heterocycles. The molecule has 1 rings (SSSR count). The van der Waals surface area contributed by atoms with Crippen LogP contribution in [0.4, 0.5) is 0 Å². The van der Waals surface area contributed by atoms with E-state index >= 15 is 0 Å². The highest BCUT2D eigenvalue weighted by atomic mass is 79.9. The van der Waals surface area contributed by atoms with Crippen molar-refractivity contribution in [3.8, 4) is 0 Å². The Labute approximate surface area is 139 Å². The third-order valence-corrected chi connectivity index (χ3v) is 4.16. The van der Waals surface area contributed by atoms with Crippen molar-refractivity contribution in [2.45, 2.75) is 70.6 Å². The Morgan fingerprint density at radius 1 is 0.700 bits per heavy atom. The molecule has 0 N–H and O–H groups in total. The predicted molar refractivity (Wildman–Crippen MR) is 95.2 cm³/mol. The molecule has 0 fully saturated rings. The second-order valence-electron chi connectivity index (χ2n) is 5.33. The van der Waals surface area contributed by atoms with Crippen LogP contribution in [0.3, 0.4) is 0 Å². The van der Waals surface area contributed by atoms with Gasteiger partial charge in [-0.25, -0.2) is 0 Å². The summed E-state index contributed by atoms with van der Waals surface area (Å²) in [5, 5.41) is 1.17. The molecule has 0 aliphatic rings. The van der Waals surface area contributed by atoms with Gasteiger partial charge in [0, 0.05) is 17.7 Å². The number of unbranched alkanes of at least 4 members (excludes halogenated alkanes) is 9. The Balaban J connectivity index is 0.00000361. The summed E-state index contributed by atoms with van der Waals surface area (Å²) in [5.74, 6) is 0. The molecule has 3 heteroatoms. The van der Waals surface area contributed by atoms with Crippen molar-refractivity contribution in [1.29, 1.82) is 0 Å². The number of rotatable bonds is 12. The van der Waals surface area contributed by atoms with Gasteiger partial charge in [-0.05, 0) is 37.0 Å². The molecule has 0 saturated carbocycles. The minimum atomic E-state index is 0. The number of pyridine rings is 1. The van der Waals surface area contributed by atoms with Crippen LogP contribution in [0.25, 0.3) is 0 Å². The molecule has 0 aliphatic heterocycles. The average molecular weight is 363 g/mol. The van der Waals surface area contributed by atoms with E-state index in [-0.39, 0.29) is 12.4 Å². The maximum Gasteiger partial charge on any atom is 0.0270 e. The van der Waals surface area contributed by atoms with Crippen LogP contribution in [0, 0.1) is 0 Å². The minimum Gasteiger partial charge on any atom is -0.265 e. The fourth-order valence-electron chi connectivity index (χ4n) is 2.39. The van der Waals surface area contributed by atoms with Crippen LogP contribution in [-0.4, -0.2) is 10.3 Å². The summed E-state index contributed by atoms with van der Waals surface area (Å²) in [6.45, 7) is 0. The van der Waals surface area contributed by atoms with Gasteiger partial charge >= 0.3 is 0 Å². The Kier molecular flexibility index (Phi) is 15.3. The van der Waals surface area contributed by atoms with Crippen molar-refractivity contribution in [2.24, 2.45) is 0 Å². The van der Waals surface area contributed by atoms with Crippen LogP contribution >= 0.6 is 28.3 Å². The van der Waals surface area contributed by atoms with Gasteiger partial charge < -0.3 is 0 Å². The fourth-order valence-corrected chi connectivity index (χ4v) is 2.78. The number of alkyl halides is 1. The summed E-state index contributed by atoms with van der Waals surface area (Å²) in [4.78, 5) is 4.05. The molecular weight excluding hydrogens is 334 g/mol. The highest BCUT2D eigenvalue weighted by Crippen LogP contribution is 2.12. The minimum absolute atomic E-state index is 0. The topological polar surface area (TPSA) is 12.9 Å². The molecule has 0 amide bonds. The summed E-state index contributed by atoms with van der Waals surface area (Å²) in [6.07, 6.45) is 19.0. The number of aryl methyl sites for hydroxylation is 1. The molecular formula is C17H29BrClN. The van der Waals surface area contributed by atoms with E-state index in [0.717, 1.165) is 0 Å². The molecule has 0 aliphatic carbocycles. The Morgan fingerprint density at radius 3 is 1.65 bits per heavy atom. The van der Waals surface area contributed by atoms with E-state index in [1.165, 1.54) is 81.5 Å². The summed E-state index contributed by atoms with van der Waals surface area (Å²) < 4.78 is 0. The third-order valence-electron chi connectivity index (χ3n) is 3.60. The zero-order chi connectivity index (χ0) is 13.6. The van der Waals surface area contributed by atoms with Crippen molar-refractivity contribution in [1.82, 2.24) is 4.98 Å². The first-order chi connectivity index (χ1) is 9.43. The quantitative estimate of drug-likeness (QED) is 0.312. The van der Waals surface area contributed by atoms with Crippen LogP contribution in [0.15, 0.2) is 24.5 Å². The van der Waals surface area contributed by atoms with E-state index in [1.807, 2.05) is 12.4 Å². The monoisotopic (exact) mass is 361 g/mol. The van der Waals surface area contributed by atoms with Crippen molar-refractivity contribution in [2.75, 3.05) is 5.33 Å². The number of hydrogen-bond donors (Lipinski definition) is 0. The Hall–Kier alpha value is -0.0800. The number of nitrogens with zero attached hydrogens (tertiary/aromatic N) is 1. The standard InChI is InChI=1S/C17H28BrN.ClH/c18-14-10-8-6-4-2-1-3-5-7-9-11-17-12-15-19-16-13-17;/h12-13,15-16H,1-11,14H2;1H. The summed E-state index contributed by atoms with van der Waals surface area (Å²) in [6, 6.07) is 4.26. The first kappa shape index (κ1) is 19.9. The third kappa shape index (κ3) is 11.7. The first-order valence-electron chi connectivity index (χ1n) is 7.88. The molecule has 0 unspecified atom stereocenters. The largest absolute Gasteiger partial charge is 0.265 e. The molecule has 0 atom stereocenters. The van der Waals surface area contributed by atoms with Gasteiger partial charge in [0.05, 0.1) is 0 Å². The summed E-state index contributed by atoms with van der Waals surface area (Å²) >= 11 is 3.48. The van der Waals surface area contributed by atoms with Crippen molar-refractivity contribution < 1.29 is 0 Å². The molecule has 1 heterocycles. The van der Waals surface area contributed by atoms with Crippen LogP contribution in [0.5, 0.6) is 0 Å². The molecule has 0 aromatic carbocycles. The molecule has 0 spiro atoms. The SMILES string of the molecule is BrCCCCCCCCCCCCc1ccncc1.Cl. The normalized spacial score (nSPS) is 10.2. The van der Waals surface area contributed by atoms with Crippen LogP contribution in [0.2, 0.25) is 0 Å². The molecule has 20 heavy (non-hydrogen) atoms. The highest BCUT2D eigenvalue weighted by molar-refractivity contribution is 9.09. The molecule has 116 valence electrons. The van der Waals surface area contributed by atoms with Gasteiger partial charge in [-0.15, -0.1) is 12.4 Å². The fraction of sp³-hybridized carbons (Fsp3) is 0.706. The van der Waals surface area contributed by atoms with Crippen LogP contribution in [-0.2, 0) is 6.42 Å². The van der Waals surface area contributed by atoms with Gasteiger partial charge in [0.1, 0.15) is 0 Å². The lowest BCUT2D eigenvalue weighted by Crippen LogP contribution is -1.87. The van der Waals surface area contributed by atoms with Gasteiger partial charge in [-0.2, -0.15) is 0 Å². The van der Waals surface area contributed by atoms with Gasteiger partial charge in [0.15, 0.2) is 0 Å². The second kappa shape index (κ2) is 15.3. The number of halogens is 2. The molecule has 0 radical (unpaired) electrons. The van der Waals surface area contributed by atoms with E-state index in [0.29, 0.717) is 0 Å². The van der Waals surface area contributed by atoms with Gasteiger partial charge in [-0.1, -0.05) is 67.3 Å². The van der Waals surface area contributed by atoms with E-state index in [9.17, 15) is 0 Å². The maximum atomic E-state index is 4.05. The molecule has 0 saturated heterocycles. The zero-order valence-electron chi connectivity index (χ0n) is 12.5. The maximum absolute atomic E-state index is 4.05. The van der Waals surface area contributed by atoms with Crippen LogP contribution < -0.4 is 0 Å². The van der Waals surface area contributed by atoms with E-state index in [4.69, 9.17) is 0 Å². The summed E-state index contributed by atoms with van der Waals surface area (Å²) in [7, 11) is 0. The second-order valence-corrected chi connectivity index (χ2v) is 6.12. The van der Waals surface area contributed by atoms with Gasteiger partial charge in [-0.3, -0.25) is 4.98 Å². The smallest absolute Gasteiger partial charge is 0.0270 e. The number of hydrogen-bond acceptors (Lipinski definition) is 1. The van der Waals surface area contributed by atoms with E-state index < -0.39 is 0 Å². The molecule has 1 aromatic rings. The lowest BCUT2D eigenvalue weighted by atomic mass is 10.0. The average Bonchev–Trinajstić information content (AvgIpc) is 2.46. The highest BCUT2D eigenvalue weighted by Gasteiger charge is 1.94. The van der Waals surface area contributed by atoms with E-state index in [2.05, 4.69) is 33.0 Å². The number of aromatic nitrogens is 1.